The molecule has 0 spiro atoms. The smallest absolute Gasteiger partial charge is 0.255 e. The molecule has 7 heteroatoms. The van der Waals surface area contributed by atoms with E-state index in [-0.39, 0.29) is 5.91 Å². The average Bonchev–Trinajstić information content (AvgIpc) is 3.34. The second kappa shape index (κ2) is 7.61. The van der Waals surface area contributed by atoms with E-state index in [4.69, 9.17) is 4.74 Å². The Morgan fingerprint density at radius 1 is 1.10 bits per heavy atom. The zero-order chi connectivity index (χ0) is 20.5. The van der Waals surface area contributed by atoms with Crippen molar-refractivity contribution in [3.05, 3.63) is 89.3 Å². The van der Waals surface area contributed by atoms with E-state index in [1.807, 2.05) is 72.2 Å². The second-order valence-electron chi connectivity index (χ2n) is 6.88. The van der Waals surface area contributed by atoms with Crippen LogP contribution in [0.5, 0.6) is 5.75 Å². The van der Waals surface area contributed by atoms with E-state index in [1.165, 1.54) is 0 Å². The number of thiazole rings is 1. The van der Waals surface area contributed by atoms with Crippen molar-refractivity contribution in [1.29, 1.82) is 0 Å². The van der Waals surface area contributed by atoms with Crippen molar-refractivity contribution in [3.63, 3.8) is 0 Å². The number of hydrogen-bond donors (Lipinski definition) is 1. The molecule has 1 amide bonds. The summed E-state index contributed by atoms with van der Waals surface area (Å²) in [4.78, 5) is 21.7. The van der Waals surface area contributed by atoms with Crippen LogP contribution < -0.4 is 10.1 Å². The third kappa shape index (κ3) is 3.75. The highest BCUT2D eigenvalue weighted by Crippen LogP contribution is 2.25. The molecule has 1 N–H and O–H groups in total. The van der Waals surface area contributed by atoms with Gasteiger partial charge in [0.25, 0.3) is 5.91 Å². The lowest BCUT2D eigenvalue weighted by atomic mass is 10.2. The lowest BCUT2D eigenvalue weighted by molar-refractivity contribution is 0.102. The van der Waals surface area contributed by atoms with Crippen LogP contribution in [-0.2, 0) is 6.61 Å². The summed E-state index contributed by atoms with van der Waals surface area (Å²) in [5.41, 5.74) is 3.91. The fourth-order valence-corrected chi connectivity index (χ4v) is 4.13. The predicted molar refractivity (Wildman–Crippen MR) is 118 cm³/mol. The Kier molecular flexibility index (Phi) is 4.65. The molecule has 5 rings (SSSR count). The van der Waals surface area contributed by atoms with Crippen LogP contribution in [0.1, 0.15) is 21.1 Å². The summed E-state index contributed by atoms with van der Waals surface area (Å²) >= 11 is 1.61. The molecule has 0 fully saturated rings. The number of ether oxygens (including phenoxy) is 1. The molecular formula is C23H18N4O2S. The first-order valence-electron chi connectivity index (χ1n) is 9.48. The highest BCUT2D eigenvalue weighted by molar-refractivity contribution is 7.18. The minimum absolute atomic E-state index is 0.186. The van der Waals surface area contributed by atoms with Gasteiger partial charge in [-0.25, -0.2) is 9.97 Å². The van der Waals surface area contributed by atoms with E-state index in [2.05, 4.69) is 15.3 Å². The van der Waals surface area contributed by atoms with Crippen LogP contribution in [0.2, 0.25) is 0 Å². The number of anilines is 1. The van der Waals surface area contributed by atoms with Gasteiger partial charge in [-0.15, -0.1) is 11.3 Å². The molecule has 0 unspecified atom stereocenters. The number of nitrogens with zero attached hydrogens (tertiary/aromatic N) is 3. The summed E-state index contributed by atoms with van der Waals surface area (Å²) in [5.74, 6) is 0.432. The number of benzene rings is 2. The molecule has 0 bridgehead atoms. The first-order valence-corrected chi connectivity index (χ1v) is 10.3. The van der Waals surface area contributed by atoms with E-state index in [1.54, 1.807) is 23.5 Å². The molecular weight excluding hydrogens is 396 g/mol. The molecule has 0 saturated heterocycles. The molecule has 0 radical (unpaired) electrons. The van der Waals surface area contributed by atoms with Gasteiger partial charge in [-0.3, -0.25) is 4.79 Å². The third-order valence-corrected chi connectivity index (χ3v) is 5.58. The molecule has 148 valence electrons. The Morgan fingerprint density at radius 2 is 2.03 bits per heavy atom. The Morgan fingerprint density at radius 3 is 2.93 bits per heavy atom. The van der Waals surface area contributed by atoms with Gasteiger partial charge in [0.1, 0.15) is 18.0 Å². The SMILES string of the molecule is Cc1nc2ccc(NC(=O)c3cccc(OCc4cn5ccccc5n4)c3)cc2s1. The number of carbonyl (C=O) groups excluding carboxylic acids is 1. The maximum Gasteiger partial charge on any atom is 0.255 e. The van der Waals surface area contributed by atoms with Gasteiger partial charge in [-0.2, -0.15) is 0 Å². The van der Waals surface area contributed by atoms with Crippen molar-refractivity contribution in [2.45, 2.75) is 13.5 Å². The largest absolute Gasteiger partial charge is 0.487 e. The normalized spacial score (nSPS) is 11.1. The number of amides is 1. The van der Waals surface area contributed by atoms with E-state index in [0.717, 1.165) is 32.3 Å². The van der Waals surface area contributed by atoms with Gasteiger partial charge in [-0.1, -0.05) is 12.1 Å². The Balaban J connectivity index is 1.28. The Labute approximate surface area is 176 Å². The van der Waals surface area contributed by atoms with E-state index >= 15 is 0 Å². The van der Waals surface area contributed by atoms with Crippen LogP contribution in [0.25, 0.3) is 15.9 Å². The lowest BCUT2D eigenvalue weighted by Gasteiger charge is -2.08. The number of nitrogens with one attached hydrogen (secondary N) is 1. The summed E-state index contributed by atoms with van der Waals surface area (Å²) in [5, 5.41) is 3.95. The van der Waals surface area contributed by atoms with Crippen molar-refractivity contribution >= 4 is 38.8 Å². The van der Waals surface area contributed by atoms with Crippen molar-refractivity contribution < 1.29 is 9.53 Å². The summed E-state index contributed by atoms with van der Waals surface area (Å²) < 4.78 is 8.86. The van der Waals surface area contributed by atoms with Crippen molar-refractivity contribution in [2.75, 3.05) is 5.32 Å². The van der Waals surface area contributed by atoms with Crippen LogP contribution in [0.3, 0.4) is 0 Å². The summed E-state index contributed by atoms with van der Waals surface area (Å²) in [6.45, 7) is 2.30. The monoisotopic (exact) mass is 414 g/mol. The van der Waals surface area contributed by atoms with E-state index in [9.17, 15) is 4.79 Å². The average molecular weight is 414 g/mol. The molecule has 0 aliphatic carbocycles. The van der Waals surface area contributed by atoms with E-state index in [0.29, 0.717) is 17.9 Å². The van der Waals surface area contributed by atoms with Crippen LogP contribution in [-0.4, -0.2) is 20.3 Å². The van der Waals surface area contributed by atoms with Crippen molar-refractivity contribution in [3.8, 4) is 5.75 Å². The fourth-order valence-electron chi connectivity index (χ4n) is 3.26. The maximum absolute atomic E-state index is 12.7. The molecule has 0 aliphatic rings. The number of aromatic nitrogens is 3. The lowest BCUT2D eigenvalue weighted by Crippen LogP contribution is -2.11. The third-order valence-electron chi connectivity index (χ3n) is 4.65. The molecule has 2 aromatic carbocycles. The number of rotatable bonds is 5. The maximum atomic E-state index is 12.7. The number of imidazole rings is 1. The minimum Gasteiger partial charge on any atom is -0.487 e. The quantitative estimate of drug-likeness (QED) is 0.435. The Bertz CT molecular complexity index is 1340. The number of fused-ring (bicyclic) bond motifs is 2. The van der Waals surface area contributed by atoms with Crippen LogP contribution in [0, 0.1) is 6.92 Å². The number of pyridine rings is 1. The minimum atomic E-state index is -0.186. The van der Waals surface area contributed by atoms with Crippen LogP contribution in [0.15, 0.2) is 73.1 Å². The molecule has 5 aromatic rings. The van der Waals surface area contributed by atoms with Gasteiger partial charge in [0.2, 0.25) is 0 Å². The first kappa shape index (κ1) is 18.3. The highest BCUT2D eigenvalue weighted by Gasteiger charge is 2.10. The zero-order valence-electron chi connectivity index (χ0n) is 16.2. The zero-order valence-corrected chi connectivity index (χ0v) is 17.0. The molecule has 0 atom stereocenters. The molecule has 3 heterocycles. The van der Waals surface area contributed by atoms with Crippen molar-refractivity contribution in [2.24, 2.45) is 0 Å². The van der Waals surface area contributed by atoms with E-state index < -0.39 is 0 Å². The van der Waals surface area contributed by atoms with Gasteiger partial charge in [0.05, 0.1) is 20.9 Å². The molecule has 30 heavy (non-hydrogen) atoms. The summed E-state index contributed by atoms with van der Waals surface area (Å²) in [7, 11) is 0. The standard InChI is InChI=1S/C23H18N4O2S/c1-15-24-20-9-8-17(12-21(20)30-15)26-23(28)16-5-4-6-19(11-16)29-14-18-13-27-10-3-2-7-22(27)25-18/h2-13H,14H2,1H3,(H,26,28). The Hall–Kier alpha value is -3.71. The number of aryl methyl sites for hydroxylation is 1. The first-order chi connectivity index (χ1) is 14.6. The number of carbonyl (C=O) groups is 1. The van der Waals surface area contributed by atoms with Gasteiger partial charge in [0.15, 0.2) is 0 Å². The summed E-state index contributed by atoms with van der Waals surface area (Å²) in [6.07, 6.45) is 3.88. The topological polar surface area (TPSA) is 68.5 Å². The van der Waals surface area contributed by atoms with Gasteiger partial charge >= 0.3 is 0 Å². The second-order valence-corrected chi connectivity index (χ2v) is 8.12. The van der Waals surface area contributed by atoms with Gasteiger partial charge in [0, 0.05) is 23.6 Å². The summed E-state index contributed by atoms with van der Waals surface area (Å²) in [6, 6.07) is 18.7. The molecule has 6 nitrogen and oxygen atoms in total. The highest BCUT2D eigenvalue weighted by atomic mass is 32.1. The van der Waals surface area contributed by atoms with Crippen molar-refractivity contribution in [1.82, 2.24) is 14.4 Å². The predicted octanol–water partition coefficient (Wildman–Crippen LogP) is 5.08. The fraction of sp³-hybridized carbons (Fsp3) is 0.0870. The molecule has 0 aliphatic heterocycles. The van der Waals surface area contributed by atoms with Gasteiger partial charge in [-0.05, 0) is 55.5 Å². The number of hydrogen-bond acceptors (Lipinski definition) is 5. The van der Waals surface area contributed by atoms with Gasteiger partial charge < -0.3 is 14.5 Å². The molecule has 0 saturated carbocycles. The van der Waals surface area contributed by atoms with Crippen LogP contribution >= 0.6 is 11.3 Å². The van der Waals surface area contributed by atoms with Crippen LogP contribution in [0.4, 0.5) is 5.69 Å². The molecule has 3 aromatic heterocycles.